The lowest BCUT2D eigenvalue weighted by molar-refractivity contribution is -0.138. The first-order chi connectivity index (χ1) is 10.1. The van der Waals surface area contributed by atoms with Gasteiger partial charge in [-0.15, -0.1) is 0 Å². The van der Waals surface area contributed by atoms with E-state index in [4.69, 9.17) is 0 Å². The maximum absolute atomic E-state index is 12.5. The number of carbonyl (C=O) groups is 1. The molecule has 5 nitrogen and oxygen atoms in total. The van der Waals surface area contributed by atoms with Gasteiger partial charge < -0.3 is 10.2 Å². The van der Waals surface area contributed by atoms with E-state index in [9.17, 15) is 4.79 Å². The van der Waals surface area contributed by atoms with Crippen molar-refractivity contribution in [1.29, 1.82) is 0 Å². The quantitative estimate of drug-likeness (QED) is 0.904. The minimum Gasteiger partial charge on any atom is -0.369 e. The Kier molecular flexibility index (Phi) is 3.83. The molecule has 5 heteroatoms. The van der Waals surface area contributed by atoms with Gasteiger partial charge in [0.1, 0.15) is 11.6 Å². The standard InChI is InChI=1S/C16H24N4O/c1-20(2)15(21)16(8-3-4-9-16)11-18-13-7-10-17-14(19-13)12-5-6-12/h7,10,12H,3-6,8-9,11H2,1-2H3,(H,17,18,19). The van der Waals surface area contributed by atoms with Crippen molar-refractivity contribution >= 4 is 11.7 Å². The van der Waals surface area contributed by atoms with Crippen molar-refractivity contribution in [2.24, 2.45) is 5.41 Å². The fraction of sp³-hybridized carbons (Fsp3) is 0.688. The summed E-state index contributed by atoms with van der Waals surface area (Å²) in [5.74, 6) is 2.59. The van der Waals surface area contributed by atoms with Gasteiger partial charge in [-0.2, -0.15) is 0 Å². The average molecular weight is 288 g/mol. The van der Waals surface area contributed by atoms with Gasteiger partial charge in [-0.05, 0) is 31.7 Å². The van der Waals surface area contributed by atoms with E-state index < -0.39 is 0 Å². The molecule has 0 unspecified atom stereocenters. The minimum absolute atomic E-state index is 0.240. The predicted molar refractivity (Wildman–Crippen MR) is 82.1 cm³/mol. The normalized spacial score (nSPS) is 20.3. The first-order valence-electron chi connectivity index (χ1n) is 7.89. The lowest BCUT2D eigenvalue weighted by Crippen LogP contribution is -2.43. The zero-order valence-electron chi connectivity index (χ0n) is 12.9. The van der Waals surface area contributed by atoms with Crippen molar-refractivity contribution in [3.05, 3.63) is 18.1 Å². The molecule has 0 radical (unpaired) electrons. The summed E-state index contributed by atoms with van der Waals surface area (Å²) in [6.45, 7) is 0.672. The second-order valence-electron chi connectivity index (χ2n) is 6.61. The van der Waals surface area contributed by atoms with Gasteiger partial charge in [0, 0.05) is 32.8 Å². The van der Waals surface area contributed by atoms with E-state index in [0.29, 0.717) is 12.5 Å². The Labute approximate surface area is 126 Å². The third-order valence-corrected chi connectivity index (χ3v) is 4.65. The second-order valence-corrected chi connectivity index (χ2v) is 6.61. The molecule has 0 bridgehead atoms. The molecular formula is C16H24N4O. The topological polar surface area (TPSA) is 58.1 Å². The van der Waals surface area contributed by atoms with Crippen LogP contribution in [0, 0.1) is 5.41 Å². The molecule has 2 aliphatic carbocycles. The smallest absolute Gasteiger partial charge is 0.230 e. The maximum atomic E-state index is 12.5. The Morgan fingerprint density at radius 1 is 1.38 bits per heavy atom. The number of hydrogen-bond acceptors (Lipinski definition) is 4. The van der Waals surface area contributed by atoms with Crippen molar-refractivity contribution in [2.45, 2.75) is 44.4 Å². The Morgan fingerprint density at radius 2 is 2.10 bits per heavy atom. The van der Waals surface area contributed by atoms with Crippen LogP contribution in [0.5, 0.6) is 0 Å². The number of aromatic nitrogens is 2. The highest BCUT2D eigenvalue weighted by atomic mass is 16.2. The molecule has 0 saturated heterocycles. The fourth-order valence-corrected chi connectivity index (χ4v) is 3.26. The van der Waals surface area contributed by atoms with Crippen LogP contribution in [-0.2, 0) is 4.79 Å². The van der Waals surface area contributed by atoms with E-state index in [1.165, 1.54) is 12.8 Å². The number of anilines is 1. The SMILES string of the molecule is CN(C)C(=O)C1(CNc2ccnc(C3CC3)n2)CCCC1. The summed E-state index contributed by atoms with van der Waals surface area (Å²) in [5.41, 5.74) is -0.256. The highest BCUT2D eigenvalue weighted by Crippen LogP contribution is 2.40. The van der Waals surface area contributed by atoms with Crippen molar-refractivity contribution in [1.82, 2.24) is 14.9 Å². The summed E-state index contributed by atoms with van der Waals surface area (Å²) in [6, 6.07) is 1.90. The summed E-state index contributed by atoms with van der Waals surface area (Å²) >= 11 is 0. The number of nitrogens with zero attached hydrogens (tertiary/aromatic N) is 3. The summed E-state index contributed by atoms with van der Waals surface area (Å²) in [5, 5.41) is 3.39. The van der Waals surface area contributed by atoms with E-state index in [-0.39, 0.29) is 11.3 Å². The zero-order valence-corrected chi connectivity index (χ0v) is 12.9. The number of hydrogen-bond donors (Lipinski definition) is 1. The van der Waals surface area contributed by atoms with Crippen LogP contribution >= 0.6 is 0 Å². The second kappa shape index (κ2) is 5.62. The Morgan fingerprint density at radius 3 is 2.71 bits per heavy atom. The van der Waals surface area contributed by atoms with Crippen molar-refractivity contribution in [3.8, 4) is 0 Å². The molecule has 1 N–H and O–H groups in total. The molecule has 1 aromatic heterocycles. The Bertz CT molecular complexity index is 519. The van der Waals surface area contributed by atoms with E-state index in [1.807, 2.05) is 26.4 Å². The van der Waals surface area contributed by atoms with Crippen molar-refractivity contribution in [3.63, 3.8) is 0 Å². The van der Waals surface area contributed by atoms with Crippen LogP contribution in [-0.4, -0.2) is 41.4 Å². The van der Waals surface area contributed by atoms with Gasteiger partial charge in [-0.3, -0.25) is 4.79 Å². The molecule has 1 heterocycles. The van der Waals surface area contributed by atoms with Crippen molar-refractivity contribution < 1.29 is 4.79 Å². The largest absolute Gasteiger partial charge is 0.369 e. The molecule has 2 aliphatic rings. The van der Waals surface area contributed by atoms with Gasteiger partial charge in [-0.1, -0.05) is 12.8 Å². The summed E-state index contributed by atoms with van der Waals surface area (Å²) in [6.07, 6.45) is 8.43. The molecule has 21 heavy (non-hydrogen) atoms. The maximum Gasteiger partial charge on any atom is 0.230 e. The van der Waals surface area contributed by atoms with E-state index in [0.717, 1.165) is 37.3 Å². The molecule has 114 valence electrons. The van der Waals surface area contributed by atoms with Gasteiger partial charge in [0.15, 0.2) is 0 Å². The molecule has 1 aromatic rings. The van der Waals surface area contributed by atoms with E-state index in [1.54, 1.807) is 4.90 Å². The van der Waals surface area contributed by atoms with Crippen LogP contribution in [0.25, 0.3) is 0 Å². The van der Waals surface area contributed by atoms with Crippen LogP contribution in [0.4, 0.5) is 5.82 Å². The van der Waals surface area contributed by atoms with Gasteiger partial charge in [0.25, 0.3) is 0 Å². The number of carbonyl (C=O) groups excluding carboxylic acids is 1. The Hall–Kier alpha value is -1.65. The summed E-state index contributed by atoms with van der Waals surface area (Å²) in [4.78, 5) is 23.2. The van der Waals surface area contributed by atoms with Crippen LogP contribution < -0.4 is 5.32 Å². The lowest BCUT2D eigenvalue weighted by atomic mass is 9.84. The highest BCUT2D eigenvalue weighted by molar-refractivity contribution is 5.83. The number of nitrogens with one attached hydrogen (secondary N) is 1. The number of amides is 1. The molecule has 3 rings (SSSR count). The van der Waals surface area contributed by atoms with Crippen molar-refractivity contribution in [2.75, 3.05) is 26.0 Å². The molecule has 2 fully saturated rings. The van der Waals surface area contributed by atoms with E-state index >= 15 is 0 Å². The molecule has 0 aliphatic heterocycles. The average Bonchev–Trinajstić information content (AvgIpc) is 3.24. The van der Waals surface area contributed by atoms with E-state index in [2.05, 4.69) is 15.3 Å². The van der Waals surface area contributed by atoms with Gasteiger partial charge >= 0.3 is 0 Å². The zero-order chi connectivity index (χ0) is 14.9. The molecule has 0 aromatic carbocycles. The third-order valence-electron chi connectivity index (χ3n) is 4.65. The molecule has 0 atom stereocenters. The van der Waals surface area contributed by atoms with Crippen LogP contribution in [0.1, 0.15) is 50.3 Å². The molecule has 0 spiro atoms. The summed E-state index contributed by atoms with van der Waals surface area (Å²) in [7, 11) is 3.69. The predicted octanol–water partition coefficient (Wildman–Crippen LogP) is 2.41. The third kappa shape index (κ3) is 3.01. The molecular weight excluding hydrogens is 264 g/mol. The van der Waals surface area contributed by atoms with Gasteiger partial charge in [0.05, 0.1) is 5.41 Å². The minimum atomic E-state index is -0.256. The first-order valence-corrected chi connectivity index (χ1v) is 7.89. The van der Waals surface area contributed by atoms with Gasteiger partial charge in [-0.25, -0.2) is 9.97 Å². The van der Waals surface area contributed by atoms with Crippen LogP contribution in [0.2, 0.25) is 0 Å². The van der Waals surface area contributed by atoms with Crippen LogP contribution in [0.15, 0.2) is 12.3 Å². The first kappa shape index (κ1) is 14.3. The Balaban J connectivity index is 1.69. The lowest BCUT2D eigenvalue weighted by Gasteiger charge is -2.31. The van der Waals surface area contributed by atoms with Crippen LogP contribution in [0.3, 0.4) is 0 Å². The van der Waals surface area contributed by atoms with Gasteiger partial charge in [0.2, 0.25) is 5.91 Å². The molecule has 1 amide bonds. The monoisotopic (exact) mass is 288 g/mol. The fourth-order valence-electron chi connectivity index (χ4n) is 3.26. The molecule has 2 saturated carbocycles. The highest BCUT2D eigenvalue weighted by Gasteiger charge is 2.42. The summed E-state index contributed by atoms with van der Waals surface area (Å²) < 4.78 is 0. The number of rotatable bonds is 5.